The number of benzene rings is 1. The molecule has 0 saturated carbocycles. The summed E-state index contributed by atoms with van der Waals surface area (Å²) in [5, 5.41) is 3.66. The highest BCUT2D eigenvalue weighted by Crippen LogP contribution is 2.37. The van der Waals surface area contributed by atoms with E-state index in [9.17, 15) is 0 Å². The summed E-state index contributed by atoms with van der Waals surface area (Å²) in [6, 6.07) is 6.65. The van der Waals surface area contributed by atoms with Crippen LogP contribution in [0.3, 0.4) is 0 Å². The smallest absolute Gasteiger partial charge is 0.133 e. The molecule has 1 fully saturated rings. The van der Waals surface area contributed by atoms with E-state index in [-0.39, 0.29) is 0 Å². The van der Waals surface area contributed by atoms with E-state index in [4.69, 9.17) is 4.74 Å². The van der Waals surface area contributed by atoms with Crippen LogP contribution in [0.5, 0.6) is 5.75 Å². The van der Waals surface area contributed by atoms with Crippen LogP contribution in [-0.2, 0) is 0 Å². The highest BCUT2D eigenvalue weighted by Gasteiger charge is 2.29. The van der Waals surface area contributed by atoms with Crippen LogP contribution < -0.4 is 10.1 Å². The second kappa shape index (κ2) is 6.51. The van der Waals surface area contributed by atoms with E-state index in [2.05, 4.69) is 59.0 Å². The first-order chi connectivity index (χ1) is 9.04. The lowest BCUT2D eigenvalue weighted by Crippen LogP contribution is -2.34. The van der Waals surface area contributed by atoms with Crippen molar-refractivity contribution in [3.8, 4) is 5.75 Å². The number of hydrogen-bond donors (Lipinski definition) is 1. The Morgan fingerprint density at radius 1 is 1.53 bits per heavy atom. The lowest BCUT2D eigenvalue weighted by atomic mass is 10.0. The second-order valence-corrected chi connectivity index (χ2v) is 7.94. The normalized spacial score (nSPS) is 24.4. The predicted octanol–water partition coefficient (Wildman–Crippen LogP) is 4.39. The van der Waals surface area contributed by atoms with Crippen molar-refractivity contribution in [2.75, 3.05) is 19.4 Å². The Hall–Kier alpha value is -0.190. The highest BCUT2D eigenvalue weighted by atomic mass is 79.9. The molecule has 0 aromatic heterocycles. The second-order valence-electron chi connectivity index (χ2n) is 5.40. The number of thioether (sulfide) groups is 1. The van der Waals surface area contributed by atoms with Gasteiger partial charge in [-0.25, -0.2) is 0 Å². The average molecular weight is 344 g/mol. The standard InChI is InChI=1S/C15H22BrNOS/c1-11(17-10-15(2)7-4-8-19-15)12-5-6-14(18-3)13(16)9-12/h5-6,9,11,17H,4,7-8,10H2,1-3H3. The molecule has 4 heteroatoms. The van der Waals surface area contributed by atoms with Gasteiger partial charge in [0.15, 0.2) is 0 Å². The van der Waals surface area contributed by atoms with Crippen LogP contribution in [0.4, 0.5) is 0 Å². The van der Waals surface area contributed by atoms with E-state index in [1.807, 2.05) is 6.07 Å². The summed E-state index contributed by atoms with van der Waals surface area (Å²) < 4.78 is 6.70. The van der Waals surface area contributed by atoms with Crippen molar-refractivity contribution in [3.05, 3.63) is 28.2 Å². The van der Waals surface area contributed by atoms with Crippen molar-refractivity contribution in [1.29, 1.82) is 0 Å². The van der Waals surface area contributed by atoms with Gasteiger partial charge in [0.05, 0.1) is 11.6 Å². The minimum absolute atomic E-state index is 0.361. The molecular formula is C15H22BrNOS. The summed E-state index contributed by atoms with van der Waals surface area (Å²) in [6.07, 6.45) is 2.68. The lowest BCUT2D eigenvalue weighted by molar-refractivity contribution is 0.411. The predicted molar refractivity (Wildman–Crippen MR) is 87.2 cm³/mol. The highest BCUT2D eigenvalue weighted by molar-refractivity contribution is 9.10. The number of halogens is 1. The van der Waals surface area contributed by atoms with Crippen LogP contribution >= 0.6 is 27.7 Å². The lowest BCUT2D eigenvalue weighted by Gasteiger charge is -2.26. The van der Waals surface area contributed by atoms with Crippen LogP contribution in [0, 0.1) is 0 Å². The molecule has 2 rings (SSSR count). The molecule has 1 aromatic carbocycles. The average Bonchev–Trinajstić information content (AvgIpc) is 2.83. The fraction of sp³-hybridized carbons (Fsp3) is 0.600. The Morgan fingerprint density at radius 3 is 2.89 bits per heavy atom. The van der Waals surface area contributed by atoms with Crippen LogP contribution in [-0.4, -0.2) is 24.2 Å². The third-order valence-corrected chi connectivity index (χ3v) is 5.92. The Kier molecular flexibility index (Phi) is 5.21. The molecule has 1 N–H and O–H groups in total. The zero-order valence-electron chi connectivity index (χ0n) is 11.8. The molecule has 1 aliphatic rings. The number of methoxy groups -OCH3 is 1. The Morgan fingerprint density at radius 2 is 2.32 bits per heavy atom. The van der Waals surface area contributed by atoms with Gasteiger partial charge in [0.2, 0.25) is 0 Å². The molecule has 0 amide bonds. The SMILES string of the molecule is COc1ccc(C(C)NCC2(C)CCCS2)cc1Br. The van der Waals surface area contributed by atoms with E-state index >= 15 is 0 Å². The zero-order valence-corrected chi connectivity index (χ0v) is 14.2. The molecule has 1 heterocycles. The Bertz CT molecular complexity index is 432. The summed E-state index contributed by atoms with van der Waals surface area (Å²) in [5.41, 5.74) is 1.29. The van der Waals surface area contributed by atoms with Gasteiger partial charge in [-0.05, 0) is 66.1 Å². The van der Waals surface area contributed by atoms with Gasteiger partial charge in [-0.15, -0.1) is 0 Å². The maximum atomic E-state index is 5.27. The molecular weight excluding hydrogens is 322 g/mol. The molecule has 1 aliphatic heterocycles. The zero-order chi connectivity index (χ0) is 13.9. The van der Waals surface area contributed by atoms with Crippen molar-refractivity contribution >= 4 is 27.7 Å². The molecule has 1 aromatic rings. The third-order valence-electron chi connectivity index (χ3n) is 3.76. The minimum atomic E-state index is 0.361. The van der Waals surface area contributed by atoms with Gasteiger partial charge in [-0.2, -0.15) is 11.8 Å². The van der Waals surface area contributed by atoms with E-state index in [1.165, 1.54) is 24.2 Å². The summed E-state index contributed by atoms with van der Waals surface area (Å²) in [7, 11) is 1.69. The molecule has 2 nitrogen and oxygen atoms in total. The molecule has 2 atom stereocenters. The van der Waals surface area contributed by atoms with Crippen molar-refractivity contribution in [2.24, 2.45) is 0 Å². The van der Waals surface area contributed by atoms with E-state index in [1.54, 1.807) is 7.11 Å². The number of hydrogen-bond acceptors (Lipinski definition) is 3. The number of ether oxygens (including phenoxy) is 1. The monoisotopic (exact) mass is 343 g/mol. The number of nitrogens with one attached hydrogen (secondary N) is 1. The van der Waals surface area contributed by atoms with Gasteiger partial charge in [-0.1, -0.05) is 6.07 Å². The fourth-order valence-corrected chi connectivity index (χ4v) is 4.23. The van der Waals surface area contributed by atoms with Crippen LogP contribution in [0.2, 0.25) is 0 Å². The Labute approximate surface area is 128 Å². The van der Waals surface area contributed by atoms with Gasteiger partial charge in [-0.3, -0.25) is 0 Å². The molecule has 0 bridgehead atoms. The number of rotatable bonds is 5. The quantitative estimate of drug-likeness (QED) is 0.856. The minimum Gasteiger partial charge on any atom is -0.496 e. The van der Waals surface area contributed by atoms with Gasteiger partial charge in [0.25, 0.3) is 0 Å². The van der Waals surface area contributed by atoms with Crippen molar-refractivity contribution in [3.63, 3.8) is 0 Å². The summed E-state index contributed by atoms with van der Waals surface area (Å²) in [6.45, 7) is 5.66. The molecule has 0 radical (unpaired) electrons. The Balaban J connectivity index is 1.95. The van der Waals surface area contributed by atoms with Crippen molar-refractivity contribution < 1.29 is 4.74 Å². The van der Waals surface area contributed by atoms with Gasteiger partial charge >= 0.3 is 0 Å². The van der Waals surface area contributed by atoms with Crippen LogP contribution in [0.1, 0.15) is 38.3 Å². The van der Waals surface area contributed by atoms with E-state index in [0.717, 1.165) is 16.8 Å². The van der Waals surface area contributed by atoms with E-state index in [0.29, 0.717) is 10.8 Å². The van der Waals surface area contributed by atoms with Gasteiger partial charge < -0.3 is 10.1 Å². The summed E-state index contributed by atoms with van der Waals surface area (Å²) in [4.78, 5) is 0. The first-order valence-electron chi connectivity index (χ1n) is 6.75. The fourth-order valence-electron chi connectivity index (χ4n) is 2.42. The molecule has 1 saturated heterocycles. The van der Waals surface area contributed by atoms with Crippen LogP contribution in [0.25, 0.3) is 0 Å². The molecule has 106 valence electrons. The maximum absolute atomic E-state index is 5.27. The van der Waals surface area contributed by atoms with E-state index < -0.39 is 0 Å². The summed E-state index contributed by atoms with van der Waals surface area (Å²) in [5.74, 6) is 2.19. The molecule has 2 unspecified atom stereocenters. The molecule has 0 aliphatic carbocycles. The van der Waals surface area contributed by atoms with Gasteiger partial charge in [0.1, 0.15) is 5.75 Å². The molecule has 0 spiro atoms. The van der Waals surface area contributed by atoms with Crippen LogP contribution in [0.15, 0.2) is 22.7 Å². The topological polar surface area (TPSA) is 21.3 Å². The first-order valence-corrected chi connectivity index (χ1v) is 8.53. The van der Waals surface area contributed by atoms with Gasteiger partial charge in [0, 0.05) is 17.3 Å². The summed E-state index contributed by atoms with van der Waals surface area (Å²) >= 11 is 5.65. The maximum Gasteiger partial charge on any atom is 0.133 e. The largest absolute Gasteiger partial charge is 0.496 e. The van der Waals surface area contributed by atoms with Crippen molar-refractivity contribution in [1.82, 2.24) is 5.32 Å². The third kappa shape index (κ3) is 3.89. The van der Waals surface area contributed by atoms with Crippen molar-refractivity contribution in [2.45, 2.75) is 37.5 Å². The first kappa shape index (κ1) is 15.2. The molecule has 19 heavy (non-hydrogen) atoms.